The molecule has 4 nitrogen and oxygen atoms in total. The third-order valence-corrected chi connectivity index (χ3v) is 4.11. The summed E-state index contributed by atoms with van der Waals surface area (Å²) in [6, 6.07) is 10.3. The van der Waals surface area contributed by atoms with Crippen molar-refractivity contribution in [2.24, 2.45) is 0 Å². The molecule has 0 aromatic heterocycles. The van der Waals surface area contributed by atoms with E-state index >= 15 is 0 Å². The van der Waals surface area contributed by atoms with Crippen LogP contribution in [0.15, 0.2) is 24.3 Å². The number of ether oxygens (including phenoxy) is 1. The molecule has 1 atom stereocenters. The summed E-state index contributed by atoms with van der Waals surface area (Å²) in [5, 5.41) is 8.59. The van der Waals surface area contributed by atoms with E-state index in [-0.39, 0.29) is 67.0 Å². The standard InChI is InChI=1S/C10H11N.C9H17NO2.3CH4.Y/c1-8(2)10-5-3-4-9(6-10)7-11;1-7(2)10-6-4-5-8(10)9(11)12-3;;;;/h3-6,8H,1-2H3;7-8H,4-6H2,1-3H3;3*1H4;. The number of hydrogen-bond donors (Lipinski definition) is 0. The molecule has 0 amide bonds. The van der Waals surface area contributed by atoms with Crippen LogP contribution in [0.2, 0.25) is 0 Å². The van der Waals surface area contributed by atoms with Gasteiger partial charge in [-0.15, -0.1) is 0 Å². The summed E-state index contributed by atoms with van der Waals surface area (Å²) in [4.78, 5) is 13.5. The number of esters is 1. The summed E-state index contributed by atoms with van der Waals surface area (Å²) < 4.78 is 4.73. The molecule has 0 aliphatic carbocycles. The Morgan fingerprint density at radius 2 is 1.81 bits per heavy atom. The van der Waals surface area contributed by atoms with Crippen LogP contribution in [-0.4, -0.2) is 36.6 Å². The third kappa shape index (κ3) is 11.0. The predicted molar refractivity (Wildman–Crippen MR) is 112 cm³/mol. The van der Waals surface area contributed by atoms with E-state index in [9.17, 15) is 4.79 Å². The molecule has 27 heavy (non-hydrogen) atoms. The van der Waals surface area contributed by atoms with Gasteiger partial charge in [-0.05, 0) is 56.8 Å². The van der Waals surface area contributed by atoms with Crippen molar-refractivity contribution >= 4 is 5.97 Å². The fourth-order valence-corrected chi connectivity index (χ4v) is 2.76. The summed E-state index contributed by atoms with van der Waals surface area (Å²) >= 11 is 0. The van der Waals surface area contributed by atoms with Crippen LogP contribution >= 0.6 is 0 Å². The maximum atomic E-state index is 11.3. The molecular formula is C22H40N2O2Y. The fourth-order valence-electron chi connectivity index (χ4n) is 2.76. The maximum absolute atomic E-state index is 11.3. The van der Waals surface area contributed by atoms with E-state index in [2.05, 4.69) is 38.7 Å². The Balaban J connectivity index is -0.000000171. The Hall–Kier alpha value is -0.756. The topological polar surface area (TPSA) is 53.3 Å². The molecule has 1 saturated heterocycles. The molecule has 1 aromatic rings. The molecule has 1 fully saturated rings. The Kier molecular flexibility index (Phi) is 21.7. The van der Waals surface area contributed by atoms with Gasteiger partial charge in [0.1, 0.15) is 6.04 Å². The molecule has 0 saturated carbocycles. The monoisotopic (exact) mass is 453 g/mol. The number of benzene rings is 1. The van der Waals surface area contributed by atoms with Gasteiger partial charge < -0.3 is 4.74 Å². The first-order chi connectivity index (χ1) is 10.9. The van der Waals surface area contributed by atoms with E-state index in [1.54, 1.807) is 0 Å². The van der Waals surface area contributed by atoms with E-state index in [1.807, 2.05) is 24.3 Å². The maximum Gasteiger partial charge on any atom is 0.323 e. The van der Waals surface area contributed by atoms with Gasteiger partial charge in [-0.25, -0.2) is 0 Å². The number of likely N-dealkylation sites (tertiary alicyclic amines) is 1. The van der Waals surface area contributed by atoms with Crippen LogP contribution in [0.25, 0.3) is 0 Å². The number of nitrogens with zero attached hydrogens (tertiary/aromatic N) is 2. The molecule has 1 heterocycles. The number of nitriles is 1. The van der Waals surface area contributed by atoms with Crippen LogP contribution < -0.4 is 0 Å². The summed E-state index contributed by atoms with van der Waals surface area (Å²) in [5.74, 6) is 0.421. The molecule has 1 aromatic carbocycles. The van der Waals surface area contributed by atoms with E-state index in [0.717, 1.165) is 24.9 Å². The van der Waals surface area contributed by atoms with Gasteiger partial charge in [-0.2, -0.15) is 5.26 Å². The van der Waals surface area contributed by atoms with Gasteiger partial charge in [-0.3, -0.25) is 9.69 Å². The quantitative estimate of drug-likeness (QED) is 0.558. The Labute approximate surface area is 193 Å². The minimum Gasteiger partial charge on any atom is -0.468 e. The van der Waals surface area contributed by atoms with Crippen molar-refractivity contribution in [1.82, 2.24) is 4.90 Å². The van der Waals surface area contributed by atoms with Crippen molar-refractivity contribution in [3.8, 4) is 6.07 Å². The van der Waals surface area contributed by atoms with Crippen LogP contribution in [0.4, 0.5) is 0 Å². The normalized spacial score (nSPS) is 15.0. The average molecular weight is 453 g/mol. The summed E-state index contributed by atoms with van der Waals surface area (Å²) in [6.45, 7) is 9.49. The molecule has 5 heteroatoms. The second-order valence-corrected chi connectivity index (χ2v) is 6.40. The van der Waals surface area contributed by atoms with E-state index in [4.69, 9.17) is 10.00 Å². The van der Waals surface area contributed by atoms with Crippen LogP contribution in [0.3, 0.4) is 0 Å². The van der Waals surface area contributed by atoms with Gasteiger partial charge in [0.15, 0.2) is 0 Å². The van der Waals surface area contributed by atoms with Gasteiger partial charge in [-0.1, -0.05) is 48.3 Å². The molecular weight excluding hydrogens is 413 g/mol. The number of rotatable bonds is 3. The van der Waals surface area contributed by atoms with E-state index in [1.165, 1.54) is 12.7 Å². The molecule has 0 bridgehead atoms. The minimum atomic E-state index is -0.0822. The minimum absolute atomic E-state index is 0. The fraction of sp³-hybridized carbons (Fsp3) is 0.636. The summed E-state index contributed by atoms with van der Waals surface area (Å²) in [5.41, 5.74) is 1.97. The van der Waals surface area contributed by atoms with Gasteiger partial charge in [0.05, 0.1) is 18.7 Å². The number of hydrogen-bond acceptors (Lipinski definition) is 4. The first-order valence-electron chi connectivity index (χ1n) is 8.24. The zero-order valence-corrected chi connectivity index (χ0v) is 18.3. The smallest absolute Gasteiger partial charge is 0.323 e. The van der Waals surface area contributed by atoms with Crippen LogP contribution in [0.1, 0.15) is 79.9 Å². The van der Waals surface area contributed by atoms with Crippen molar-refractivity contribution in [2.75, 3.05) is 13.7 Å². The van der Waals surface area contributed by atoms with Gasteiger partial charge in [0, 0.05) is 38.8 Å². The Bertz CT molecular complexity index is 553. The molecule has 1 aliphatic rings. The molecule has 153 valence electrons. The van der Waals surface area contributed by atoms with Crippen LogP contribution in [-0.2, 0) is 42.2 Å². The second-order valence-electron chi connectivity index (χ2n) is 6.40. The van der Waals surface area contributed by atoms with Gasteiger partial charge in [0.25, 0.3) is 0 Å². The summed E-state index contributed by atoms with van der Waals surface area (Å²) in [6.07, 6.45) is 2.06. The zero-order valence-electron chi connectivity index (χ0n) is 15.5. The predicted octanol–water partition coefficient (Wildman–Crippen LogP) is 5.62. The van der Waals surface area contributed by atoms with E-state index in [0.29, 0.717) is 12.0 Å². The molecule has 1 aliphatic heterocycles. The largest absolute Gasteiger partial charge is 0.468 e. The second kappa shape index (κ2) is 17.3. The molecule has 2 rings (SSSR count). The van der Waals surface area contributed by atoms with Gasteiger partial charge in [0.2, 0.25) is 0 Å². The zero-order chi connectivity index (χ0) is 17.4. The number of methoxy groups -OCH3 is 1. The first-order valence-corrected chi connectivity index (χ1v) is 8.24. The van der Waals surface area contributed by atoms with Crippen molar-refractivity contribution in [1.29, 1.82) is 5.26 Å². The van der Waals surface area contributed by atoms with Gasteiger partial charge >= 0.3 is 5.97 Å². The Morgan fingerprint density at radius 3 is 2.26 bits per heavy atom. The van der Waals surface area contributed by atoms with Crippen LogP contribution in [0, 0.1) is 11.3 Å². The molecule has 0 N–H and O–H groups in total. The summed E-state index contributed by atoms with van der Waals surface area (Å²) in [7, 11) is 1.46. The Morgan fingerprint density at radius 1 is 1.22 bits per heavy atom. The first kappa shape index (κ1) is 33.8. The van der Waals surface area contributed by atoms with Crippen molar-refractivity contribution in [2.45, 2.75) is 80.8 Å². The van der Waals surface area contributed by atoms with Crippen molar-refractivity contribution < 1.29 is 42.2 Å². The SMILES string of the molecule is C.C.C.CC(C)c1cccc(C#N)c1.COC(=O)C1CCCN1C(C)C.[Y]. The number of carbonyl (C=O) groups excluding carboxylic acids is 1. The molecule has 1 radical (unpaired) electrons. The third-order valence-electron chi connectivity index (χ3n) is 4.11. The number of carbonyl (C=O) groups is 1. The van der Waals surface area contributed by atoms with Crippen LogP contribution in [0.5, 0.6) is 0 Å². The average Bonchev–Trinajstić information content (AvgIpc) is 3.04. The van der Waals surface area contributed by atoms with E-state index < -0.39 is 0 Å². The molecule has 0 spiro atoms. The van der Waals surface area contributed by atoms with Crippen molar-refractivity contribution in [3.63, 3.8) is 0 Å². The van der Waals surface area contributed by atoms with Crippen molar-refractivity contribution in [3.05, 3.63) is 35.4 Å². The molecule has 1 unspecified atom stereocenters.